The summed E-state index contributed by atoms with van der Waals surface area (Å²) in [4.78, 5) is 38.6. The first-order chi connectivity index (χ1) is 12.0. The van der Waals surface area contributed by atoms with Gasteiger partial charge in [-0.1, -0.05) is 18.9 Å². The number of likely N-dealkylation sites (tertiary alicyclic amines) is 1. The van der Waals surface area contributed by atoms with Crippen LogP contribution >= 0.6 is 0 Å². The molecular weight excluding hydrogens is 320 g/mol. The number of fused-ring (bicyclic) bond motifs is 4. The van der Waals surface area contributed by atoms with E-state index in [-0.39, 0.29) is 29.2 Å². The van der Waals surface area contributed by atoms with Crippen LogP contribution < -0.4 is 5.56 Å². The van der Waals surface area contributed by atoms with Gasteiger partial charge in [-0.2, -0.15) is 0 Å². The summed E-state index contributed by atoms with van der Waals surface area (Å²) in [6.07, 6.45) is 4.10. The van der Waals surface area contributed by atoms with Crippen molar-refractivity contribution in [1.82, 2.24) is 9.47 Å². The van der Waals surface area contributed by atoms with Crippen LogP contribution in [-0.4, -0.2) is 39.5 Å². The minimum Gasteiger partial charge on any atom is -0.481 e. The molecule has 1 saturated carbocycles. The van der Waals surface area contributed by atoms with Crippen LogP contribution in [0.25, 0.3) is 0 Å². The maximum absolute atomic E-state index is 13.1. The summed E-state index contributed by atoms with van der Waals surface area (Å²) < 4.78 is 1.85. The first-order valence-electron chi connectivity index (χ1n) is 9.26. The zero-order chi connectivity index (χ0) is 17.6. The molecule has 2 bridgehead atoms. The van der Waals surface area contributed by atoms with Crippen molar-refractivity contribution in [3.63, 3.8) is 0 Å². The SMILES string of the molecule is O=C(O)[C@H]1CCCC[C@H]1C(=O)N1C[C@H]2C[C@H](C1)c1cccc(=O)n1C2. The van der Waals surface area contributed by atoms with Crippen LogP contribution in [0.5, 0.6) is 0 Å². The number of pyridine rings is 1. The second-order valence-electron chi connectivity index (χ2n) is 7.78. The molecule has 25 heavy (non-hydrogen) atoms. The molecule has 0 radical (unpaired) electrons. The summed E-state index contributed by atoms with van der Waals surface area (Å²) in [5, 5.41) is 9.47. The van der Waals surface area contributed by atoms with E-state index in [2.05, 4.69) is 0 Å². The van der Waals surface area contributed by atoms with Crippen molar-refractivity contribution in [2.45, 2.75) is 44.6 Å². The molecular formula is C19H24N2O4. The van der Waals surface area contributed by atoms with E-state index in [4.69, 9.17) is 0 Å². The van der Waals surface area contributed by atoms with Gasteiger partial charge in [-0.15, -0.1) is 0 Å². The molecule has 1 aliphatic carbocycles. The lowest BCUT2D eigenvalue weighted by Gasteiger charge is -2.44. The summed E-state index contributed by atoms with van der Waals surface area (Å²) in [7, 11) is 0. The van der Waals surface area contributed by atoms with Crippen LogP contribution in [-0.2, 0) is 16.1 Å². The molecule has 0 aromatic carbocycles. The van der Waals surface area contributed by atoms with Gasteiger partial charge in [0.05, 0.1) is 11.8 Å². The number of hydrogen-bond acceptors (Lipinski definition) is 3. The molecule has 1 saturated heterocycles. The van der Waals surface area contributed by atoms with E-state index in [9.17, 15) is 19.5 Å². The molecule has 3 heterocycles. The molecule has 0 spiro atoms. The topological polar surface area (TPSA) is 79.6 Å². The number of aliphatic carboxylic acids is 1. The first kappa shape index (κ1) is 16.4. The van der Waals surface area contributed by atoms with Gasteiger partial charge in [0.25, 0.3) is 5.56 Å². The summed E-state index contributed by atoms with van der Waals surface area (Å²) in [5.41, 5.74) is 1.05. The first-order valence-corrected chi connectivity index (χ1v) is 9.26. The van der Waals surface area contributed by atoms with Crippen LogP contribution in [0.3, 0.4) is 0 Å². The Labute approximate surface area is 146 Å². The summed E-state index contributed by atoms with van der Waals surface area (Å²) in [6.45, 7) is 1.89. The van der Waals surface area contributed by atoms with Crippen LogP contribution in [0.4, 0.5) is 0 Å². The number of carbonyl (C=O) groups excluding carboxylic acids is 1. The number of piperidine rings is 1. The number of hydrogen-bond donors (Lipinski definition) is 1. The van der Waals surface area contributed by atoms with Gasteiger partial charge in [0.2, 0.25) is 5.91 Å². The van der Waals surface area contributed by atoms with Crippen LogP contribution in [0.1, 0.15) is 43.7 Å². The molecule has 1 amide bonds. The van der Waals surface area contributed by atoms with Gasteiger partial charge in [0.15, 0.2) is 0 Å². The fourth-order valence-corrected chi connectivity index (χ4v) is 5.03. The Bertz CT molecular complexity index is 756. The number of aromatic nitrogens is 1. The predicted octanol–water partition coefficient (Wildman–Crippen LogP) is 1.69. The molecule has 2 aliphatic heterocycles. The Morgan fingerprint density at radius 1 is 1.04 bits per heavy atom. The maximum Gasteiger partial charge on any atom is 0.307 e. The minimum absolute atomic E-state index is 0.00790. The number of rotatable bonds is 2. The monoisotopic (exact) mass is 344 g/mol. The summed E-state index contributed by atoms with van der Waals surface area (Å²) in [6, 6.07) is 5.36. The standard InChI is InChI=1S/C19H24N2O4/c22-17-7-3-6-16-13-8-12(10-21(16)17)9-20(11-13)18(23)14-4-1-2-5-15(14)19(24)25/h3,6-7,12-15H,1-2,4-5,8-11H2,(H,24,25)/t12-,13-,14-,15+/m1/s1. The fourth-order valence-electron chi connectivity index (χ4n) is 5.03. The second-order valence-corrected chi connectivity index (χ2v) is 7.78. The van der Waals surface area contributed by atoms with Gasteiger partial charge in [-0.25, -0.2) is 0 Å². The van der Waals surface area contributed by atoms with Gasteiger partial charge in [0, 0.05) is 37.3 Å². The van der Waals surface area contributed by atoms with Crippen molar-refractivity contribution >= 4 is 11.9 Å². The fraction of sp³-hybridized carbons (Fsp3) is 0.632. The molecule has 2 fully saturated rings. The van der Waals surface area contributed by atoms with Crippen molar-refractivity contribution in [1.29, 1.82) is 0 Å². The van der Waals surface area contributed by atoms with Crippen molar-refractivity contribution in [3.05, 3.63) is 34.2 Å². The normalized spacial score (nSPS) is 31.3. The number of carbonyl (C=O) groups is 2. The van der Waals surface area contributed by atoms with Crippen LogP contribution in [0.15, 0.2) is 23.0 Å². The molecule has 0 unspecified atom stereocenters. The molecule has 134 valence electrons. The average molecular weight is 344 g/mol. The second kappa shape index (κ2) is 6.32. The van der Waals surface area contributed by atoms with E-state index >= 15 is 0 Å². The molecule has 3 aliphatic rings. The lowest BCUT2D eigenvalue weighted by atomic mass is 9.77. The molecule has 1 N–H and O–H groups in total. The highest BCUT2D eigenvalue weighted by molar-refractivity contribution is 5.85. The van der Waals surface area contributed by atoms with Gasteiger partial charge in [-0.05, 0) is 31.2 Å². The Morgan fingerprint density at radius 2 is 1.80 bits per heavy atom. The van der Waals surface area contributed by atoms with Crippen LogP contribution in [0.2, 0.25) is 0 Å². The molecule has 4 rings (SSSR count). The van der Waals surface area contributed by atoms with E-state index in [1.54, 1.807) is 12.1 Å². The van der Waals surface area contributed by atoms with Crippen molar-refractivity contribution in [3.8, 4) is 0 Å². The van der Waals surface area contributed by atoms with Gasteiger partial charge in [-0.3, -0.25) is 14.4 Å². The Kier molecular flexibility index (Phi) is 4.13. The van der Waals surface area contributed by atoms with E-state index in [1.807, 2.05) is 15.5 Å². The lowest BCUT2D eigenvalue weighted by molar-refractivity contribution is -0.153. The Morgan fingerprint density at radius 3 is 2.56 bits per heavy atom. The summed E-state index contributed by atoms with van der Waals surface area (Å²) in [5.74, 6) is -1.30. The average Bonchev–Trinajstić information content (AvgIpc) is 2.62. The van der Waals surface area contributed by atoms with Gasteiger partial charge < -0.3 is 14.6 Å². The van der Waals surface area contributed by atoms with Crippen molar-refractivity contribution in [2.24, 2.45) is 17.8 Å². The molecule has 1 aromatic heterocycles. The van der Waals surface area contributed by atoms with Gasteiger partial charge >= 0.3 is 5.97 Å². The van der Waals surface area contributed by atoms with Crippen LogP contribution in [0, 0.1) is 17.8 Å². The maximum atomic E-state index is 13.1. The number of amides is 1. The quantitative estimate of drug-likeness (QED) is 0.885. The van der Waals surface area contributed by atoms with Gasteiger partial charge in [0.1, 0.15) is 0 Å². The largest absolute Gasteiger partial charge is 0.481 e. The molecule has 6 nitrogen and oxygen atoms in total. The predicted molar refractivity (Wildman–Crippen MR) is 91.2 cm³/mol. The number of carboxylic acids is 1. The Balaban J connectivity index is 1.56. The zero-order valence-corrected chi connectivity index (χ0v) is 14.3. The smallest absolute Gasteiger partial charge is 0.307 e. The molecule has 6 heteroatoms. The third kappa shape index (κ3) is 2.87. The van der Waals surface area contributed by atoms with E-state index in [0.29, 0.717) is 32.5 Å². The third-order valence-corrected chi connectivity index (χ3v) is 6.19. The van der Waals surface area contributed by atoms with E-state index in [0.717, 1.165) is 25.0 Å². The zero-order valence-electron chi connectivity index (χ0n) is 14.3. The minimum atomic E-state index is -0.841. The lowest BCUT2D eigenvalue weighted by Crippen LogP contribution is -2.52. The summed E-state index contributed by atoms with van der Waals surface area (Å²) >= 11 is 0. The highest BCUT2D eigenvalue weighted by atomic mass is 16.4. The molecule has 1 aromatic rings. The van der Waals surface area contributed by atoms with Crippen molar-refractivity contribution < 1.29 is 14.7 Å². The highest BCUT2D eigenvalue weighted by Gasteiger charge is 2.42. The third-order valence-electron chi connectivity index (χ3n) is 6.19. The highest BCUT2D eigenvalue weighted by Crippen LogP contribution is 2.38. The van der Waals surface area contributed by atoms with Crippen molar-refractivity contribution in [2.75, 3.05) is 13.1 Å². The van der Waals surface area contributed by atoms with E-state index < -0.39 is 11.9 Å². The number of nitrogens with zero attached hydrogens (tertiary/aromatic N) is 2. The molecule has 4 atom stereocenters. The Hall–Kier alpha value is -2.11. The number of carboxylic acid groups (broad SMARTS) is 1. The van der Waals surface area contributed by atoms with E-state index in [1.165, 1.54) is 0 Å².